The Morgan fingerprint density at radius 2 is 1.91 bits per heavy atom. The molecule has 0 radical (unpaired) electrons. The van der Waals surface area contributed by atoms with Gasteiger partial charge in [-0.3, -0.25) is 0 Å². The first-order valence-corrected chi connectivity index (χ1v) is 8.29. The highest BCUT2D eigenvalue weighted by atomic mass is 127. The van der Waals surface area contributed by atoms with Gasteiger partial charge in [0.05, 0.1) is 16.2 Å². The molecule has 0 aromatic heterocycles. The summed E-state index contributed by atoms with van der Waals surface area (Å²) in [5.74, 6) is 1.38. The summed E-state index contributed by atoms with van der Waals surface area (Å²) in [6.45, 7) is 4.25. The minimum atomic E-state index is -0.351. The number of carbonyl (C=O) groups is 1. The third-order valence-corrected chi connectivity index (χ3v) is 4.50. The van der Waals surface area contributed by atoms with Crippen LogP contribution in [-0.2, 0) is 0 Å². The Morgan fingerprint density at radius 1 is 1.18 bits per heavy atom. The van der Waals surface area contributed by atoms with Gasteiger partial charge in [-0.2, -0.15) is 0 Å². The van der Waals surface area contributed by atoms with E-state index in [1.165, 1.54) is 0 Å². The number of benzene rings is 2. The van der Waals surface area contributed by atoms with Crippen molar-refractivity contribution in [1.29, 1.82) is 0 Å². The number of methoxy groups -OCH3 is 1. The van der Waals surface area contributed by atoms with E-state index < -0.39 is 0 Å². The fraction of sp³-hybridized carbons (Fsp3) is 0.278. The van der Waals surface area contributed by atoms with E-state index >= 15 is 0 Å². The average molecular weight is 410 g/mol. The minimum absolute atomic E-state index is 0.347. The Balaban J connectivity index is 2.24. The molecule has 0 N–H and O–H groups in total. The number of esters is 1. The Morgan fingerprint density at radius 3 is 2.55 bits per heavy atom. The molecular formula is C18H19IO3. The van der Waals surface area contributed by atoms with Crippen LogP contribution in [0.1, 0.15) is 42.1 Å². The van der Waals surface area contributed by atoms with Crippen LogP contribution in [0.5, 0.6) is 11.5 Å². The van der Waals surface area contributed by atoms with Crippen molar-refractivity contribution in [3.63, 3.8) is 0 Å². The first-order chi connectivity index (χ1) is 10.6. The largest absolute Gasteiger partial charge is 0.496 e. The molecule has 1 atom stereocenters. The third kappa shape index (κ3) is 3.80. The standard InChI is InChI=1S/C18H19IO3/c1-4-12(2)14-7-5-6-8-16(14)22-18(20)13-9-10-17(21-3)15(19)11-13/h5-12H,4H2,1-3H3/t12-/m0/s1. The van der Waals surface area contributed by atoms with Gasteiger partial charge in [0.25, 0.3) is 0 Å². The predicted octanol–water partition coefficient (Wildman–Crippen LogP) is 5.03. The highest BCUT2D eigenvalue weighted by molar-refractivity contribution is 14.1. The van der Waals surface area contributed by atoms with Crippen LogP contribution in [0.3, 0.4) is 0 Å². The molecule has 0 heterocycles. The summed E-state index contributed by atoms with van der Waals surface area (Å²) in [5, 5.41) is 0. The first-order valence-electron chi connectivity index (χ1n) is 7.21. The lowest BCUT2D eigenvalue weighted by Crippen LogP contribution is -2.11. The summed E-state index contributed by atoms with van der Waals surface area (Å²) >= 11 is 2.14. The Kier molecular flexibility index (Phi) is 5.83. The van der Waals surface area contributed by atoms with Gasteiger partial charge in [-0.25, -0.2) is 4.79 Å². The number of para-hydroxylation sites is 1. The van der Waals surface area contributed by atoms with Crippen molar-refractivity contribution < 1.29 is 14.3 Å². The quantitative estimate of drug-likeness (QED) is 0.394. The summed E-state index contributed by atoms with van der Waals surface area (Å²) in [4.78, 5) is 12.4. The van der Waals surface area contributed by atoms with Gasteiger partial charge >= 0.3 is 5.97 Å². The maximum atomic E-state index is 12.4. The highest BCUT2D eigenvalue weighted by Gasteiger charge is 2.15. The van der Waals surface area contributed by atoms with E-state index in [0.717, 1.165) is 21.3 Å². The second kappa shape index (κ2) is 7.63. The second-order valence-electron chi connectivity index (χ2n) is 5.09. The van der Waals surface area contributed by atoms with E-state index in [0.29, 0.717) is 17.2 Å². The van der Waals surface area contributed by atoms with E-state index in [1.54, 1.807) is 25.3 Å². The molecule has 0 aliphatic carbocycles. The fourth-order valence-corrected chi connectivity index (χ4v) is 2.89. The van der Waals surface area contributed by atoms with Gasteiger partial charge in [0.15, 0.2) is 0 Å². The molecule has 4 heteroatoms. The molecule has 22 heavy (non-hydrogen) atoms. The molecule has 0 unspecified atom stereocenters. The lowest BCUT2D eigenvalue weighted by molar-refractivity contribution is 0.0732. The number of rotatable bonds is 5. The van der Waals surface area contributed by atoms with Crippen LogP contribution in [-0.4, -0.2) is 13.1 Å². The SMILES string of the molecule is CC[C@H](C)c1ccccc1OC(=O)c1ccc(OC)c(I)c1. The molecule has 0 spiro atoms. The van der Waals surface area contributed by atoms with Crippen molar-refractivity contribution in [2.45, 2.75) is 26.2 Å². The van der Waals surface area contributed by atoms with Crippen molar-refractivity contribution in [2.75, 3.05) is 7.11 Å². The van der Waals surface area contributed by atoms with Crippen molar-refractivity contribution in [2.24, 2.45) is 0 Å². The van der Waals surface area contributed by atoms with Crippen LogP contribution in [0, 0.1) is 3.57 Å². The summed E-state index contributed by atoms with van der Waals surface area (Å²) < 4.78 is 11.7. The smallest absolute Gasteiger partial charge is 0.343 e. The molecule has 3 nitrogen and oxygen atoms in total. The van der Waals surface area contributed by atoms with E-state index in [-0.39, 0.29) is 5.97 Å². The zero-order chi connectivity index (χ0) is 16.1. The molecule has 116 valence electrons. The summed E-state index contributed by atoms with van der Waals surface area (Å²) in [6.07, 6.45) is 0.995. The molecule has 2 aromatic carbocycles. The Bertz CT molecular complexity index is 667. The average Bonchev–Trinajstić information content (AvgIpc) is 2.54. The van der Waals surface area contributed by atoms with Crippen molar-refractivity contribution in [1.82, 2.24) is 0 Å². The van der Waals surface area contributed by atoms with Crippen LogP contribution < -0.4 is 9.47 Å². The van der Waals surface area contributed by atoms with E-state index in [4.69, 9.17) is 9.47 Å². The van der Waals surface area contributed by atoms with Gasteiger partial charge in [-0.05, 0) is 64.8 Å². The first kappa shape index (κ1) is 16.8. The fourth-order valence-electron chi connectivity index (χ4n) is 2.15. The molecule has 0 bridgehead atoms. The maximum absolute atomic E-state index is 12.4. The Labute approximate surface area is 144 Å². The number of ether oxygens (including phenoxy) is 2. The zero-order valence-electron chi connectivity index (χ0n) is 12.9. The normalized spacial score (nSPS) is 11.8. The molecule has 0 aliphatic heterocycles. The molecule has 0 saturated heterocycles. The van der Waals surface area contributed by atoms with Crippen LogP contribution in [0.2, 0.25) is 0 Å². The highest BCUT2D eigenvalue weighted by Crippen LogP contribution is 2.29. The van der Waals surface area contributed by atoms with E-state index in [1.807, 2.05) is 24.3 Å². The molecular weight excluding hydrogens is 391 g/mol. The lowest BCUT2D eigenvalue weighted by Gasteiger charge is -2.14. The van der Waals surface area contributed by atoms with Gasteiger partial charge in [-0.1, -0.05) is 32.0 Å². The molecule has 2 rings (SSSR count). The second-order valence-corrected chi connectivity index (χ2v) is 6.25. The van der Waals surface area contributed by atoms with Gasteiger partial charge in [0, 0.05) is 0 Å². The predicted molar refractivity (Wildman–Crippen MR) is 95.8 cm³/mol. The summed E-state index contributed by atoms with van der Waals surface area (Å²) in [5.41, 5.74) is 1.57. The lowest BCUT2D eigenvalue weighted by atomic mass is 9.98. The maximum Gasteiger partial charge on any atom is 0.343 e. The van der Waals surface area contributed by atoms with E-state index in [9.17, 15) is 4.79 Å². The van der Waals surface area contributed by atoms with Gasteiger partial charge in [-0.15, -0.1) is 0 Å². The molecule has 0 saturated carbocycles. The van der Waals surface area contributed by atoms with Crippen molar-refractivity contribution in [3.8, 4) is 11.5 Å². The van der Waals surface area contributed by atoms with Gasteiger partial charge < -0.3 is 9.47 Å². The van der Waals surface area contributed by atoms with Crippen LogP contribution in [0.15, 0.2) is 42.5 Å². The Hall–Kier alpha value is -1.56. The van der Waals surface area contributed by atoms with Crippen molar-refractivity contribution in [3.05, 3.63) is 57.2 Å². The van der Waals surface area contributed by atoms with Crippen LogP contribution >= 0.6 is 22.6 Å². The number of halogens is 1. The van der Waals surface area contributed by atoms with E-state index in [2.05, 4.69) is 36.4 Å². The monoisotopic (exact) mass is 410 g/mol. The van der Waals surface area contributed by atoms with Crippen LogP contribution in [0.25, 0.3) is 0 Å². The molecule has 0 amide bonds. The van der Waals surface area contributed by atoms with Gasteiger partial charge in [0.1, 0.15) is 11.5 Å². The number of carbonyl (C=O) groups excluding carboxylic acids is 1. The van der Waals surface area contributed by atoms with Crippen LogP contribution in [0.4, 0.5) is 0 Å². The summed E-state index contributed by atoms with van der Waals surface area (Å²) in [6, 6.07) is 13.0. The number of hydrogen-bond donors (Lipinski definition) is 0. The summed E-state index contributed by atoms with van der Waals surface area (Å²) in [7, 11) is 1.61. The molecule has 0 aliphatic rings. The number of hydrogen-bond acceptors (Lipinski definition) is 3. The molecule has 0 fully saturated rings. The van der Waals surface area contributed by atoms with Gasteiger partial charge in [0.2, 0.25) is 0 Å². The molecule has 2 aromatic rings. The van der Waals surface area contributed by atoms with Crippen molar-refractivity contribution >= 4 is 28.6 Å². The topological polar surface area (TPSA) is 35.5 Å². The zero-order valence-corrected chi connectivity index (χ0v) is 15.1. The minimum Gasteiger partial charge on any atom is -0.496 e. The third-order valence-electron chi connectivity index (χ3n) is 3.65.